The predicted octanol–water partition coefficient (Wildman–Crippen LogP) is 2.10. The molecule has 0 unspecified atom stereocenters. The van der Waals surface area contributed by atoms with E-state index in [9.17, 15) is 5.11 Å². The summed E-state index contributed by atoms with van der Waals surface area (Å²) in [7, 11) is 0. The number of aliphatic hydroxyl groups excluding tert-OH is 1. The lowest BCUT2D eigenvalue weighted by molar-refractivity contribution is -0.231. The van der Waals surface area contributed by atoms with Crippen LogP contribution in [0.25, 0.3) is 0 Å². The Labute approximate surface area is 97.4 Å². The molecule has 1 saturated carbocycles. The number of hydrogen-bond donors (Lipinski definition) is 1. The predicted molar refractivity (Wildman–Crippen MR) is 62.0 cm³/mol. The molecule has 0 aromatic carbocycles. The van der Waals surface area contributed by atoms with Crippen molar-refractivity contribution in [2.45, 2.75) is 39.4 Å². The summed E-state index contributed by atoms with van der Waals surface area (Å²) in [5, 5.41) is 9.74. The first-order valence-corrected chi connectivity index (χ1v) is 6.08. The Morgan fingerprint density at radius 3 is 2.50 bits per heavy atom. The van der Waals surface area contributed by atoms with E-state index in [0.717, 1.165) is 12.8 Å². The smallest absolute Gasteiger partial charge is 0.176 e. The second-order valence-corrected chi connectivity index (χ2v) is 5.41. The van der Waals surface area contributed by atoms with Gasteiger partial charge in [0.2, 0.25) is 0 Å². The molecule has 3 nitrogen and oxygen atoms in total. The molecule has 2 atom stereocenters. The summed E-state index contributed by atoms with van der Waals surface area (Å²) in [6.07, 6.45) is 4.16. The van der Waals surface area contributed by atoms with Crippen LogP contribution < -0.4 is 0 Å². The van der Waals surface area contributed by atoms with Crippen molar-refractivity contribution in [3.8, 4) is 0 Å². The van der Waals surface area contributed by atoms with Crippen molar-refractivity contribution < 1.29 is 14.6 Å². The van der Waals surface area contributed by atoms with E-state index in [-0.39, 0.29) is 12.0 Å². The van der Waals surface area contributed by atoms with Crippen molar-refractivity contribution in [3.05, 3.63) is 11.6 Å². The van der Waals surface area contributed by atoms with Gasteiger partial charge in [-0.15, -0.1) is 0 Å². The van der Waals surface area contributed by atoms with Gasteiger partial charge in [-0.25, -0.2) is 0 Å². The molecule has 0 bridgehead atoms. The van der Waals surface area contributed by atoms with E-state index in [1.807, 2.05) is 0 Å². The normalized spacial score (nSPS) is 36.9. The first-order valence-electron chi connectivity index (χ1n) is 6.08. The molecule has 1 aliphatic heterocycles. The molecular formula is C13H22O3. The van der Waals surface area contributed by atoms with Crippen molar-refractivity contribution in [1.29, 1.82) is 0 Å². The van der Waals surface area contributed by atoms with Crippen LogP contribution in [0.3, 0.4) is 0 Å². The van der Waals surface area contributed by atoms with Crippen LogP contribution in [-0.2, 0) is 9.47 Å². The Kier molecular flexibility index (Phi) is 3.12. The number of allylic oxidation sites excluding steroid dienone is 2. The molecule has 0 amide bonds. The number of ether oxygens (including phenoxy) is 2. The van der Waals surface area contributed by atoms with Gasteiger partial charge in [-0.2, -0.15) is 0 Å². The minimum absolute atomic E-state index is 0.113. The molecule has 1 heterocycles. The lowest BCUT2D eigenvalue weighted by Crippen LogP contribution is -2.48. The highest BCUT2D eigenvalue weighted by Crippen LogP contribution is 2.55. The third-order valence-corrected chi connectivity index (χ3v) is 4.09. The molecule has 16 heavy (non-hydrogen) atoms. The maximum atomic E-state index is 9.74. The van der Waals surface area contributed by atoms with Gasteiger partial charge in [-0.1, -0.05) is 18.6 Å². The van der Waals surface area contributed by atoms with Crippen LogP contribution in [0.2, 0.25) is 0 Å². The van der Waals surface area contributed by atoms with Gasteiger partial charge in [0.05, 0.1) is 25.2 Å². The monoisotopic (exact) mass is 226 g/mol. The fourth-order valence-electron chi connectivity index (χ4n) is 3.07. The lowest BCUT2D eigenvalue weighted by Gasteiger charge is -2.40. The Bertz CT molecular complexity index is 288. The fraction of sp³-hybridized carbons (Fsp3) is 0.846. The van der Waals surface area contributed by atoms with Crippen LogP contribution in [0.5, 0.6) is 0 Å². The highest BCUT2D eigenvalue weighted by molar-refractivity contribution is 5.12. The van der Waals surface area contributed by atoms with Crippen LogP contribution in [0.15, 0.2) is 11.6 Å². The summed E-state index contributed by atoms with van der Waals surface area (Å²) >= 11 is 0. The van der Waals surface area contributed by atoms with Crippen LogP contribution in [-0.4, -0.2) is 30.7 Å². The molecule has 0 aromatic heterocycles. The average Bonchev–Trinajstić information content (AvgIpc) is 2.80. The first-order chi connectivity index (χ1) is 7.54. The third kappa shape index (κ3) is 1.62. The molecule has 1 N–H and O–H groups in total. The Morgan fingerprint density at radius 1 is 1.38 bits per heavy atom. The van der Waals surface area contributed by atoms with Crippen molar-refractivity contribution >= 4 is 0 Å². The molecule has 2 fully saturated rings. The van der Waals surface area contributed by atoms with E-state index >= 15 is 0 Å². The van der Waals surface area contributed by atoms with Crippen LogP contribution >= 0.6 is 0 Å². The maximum absolute atomic E-state index is 9.74. The number of aliphatic hydroxyl groups is 1. The summed E-state index contributed by atoms with van der Waals surface area (Å²) in [5.74, 6) is -0.196. The SMILES string of the molecule is CC(C)=C[C@H]1CCC2(OCCO2)[C@]1(C)CO. The van der Waals surface area contributed by atoms with E-state index in [0.29, 0.717) is 19.1 Å². The highest BCUT2D eigenvalue weighted by Gasteiger charge is 2.60. The van der Waals surface area contributed by atoms with Gasteiger partial charge < -0.3 is 14.6 Å². The minimum atomic E-state index is -0.543. The molecule has 1 spiro atoms. The van der Waals surface area contributed by atoms with Gasteiger partial charge in [-0.3, -0.25) is 0 Å². The molecule has 92 valence electrons. The molecular weight excluding hydrogens is 204 g/mol. The van der Waals surface area contributed by atoms with E-state index in [2.05, 4.69) is 26.8 Å². The van der Waals surface area contributed by atoms with Crippen LogP contribution in [0.1, 0.15) is 33.6 Å². The van der Waals surface area contributed by atoms with Crippen molar-refractivity contribution in [2.75, 3.05) is 19.8 Å². The quantitative estimate of drug-likeness (QED) is 0.733. The molecule has 2 rings (SSSR count). The molecule has 0 aromatic rings. The molecule has 0 radical (unpaired) electrons. The highest BCUT2D eigenvalue weighted by atomic mass is 16.7. The van der Waals surface area contributed by atoms with E-state index in [1.165, 1.54) is 5.57 Å². The van der Waals surface area contributed by atoms with Gasteiger partial charge in [0, 0.05) is 6.42 Å². The summed E-state index contributed by atoms with van der Waals surface area (Å²) in [4.78, 5) is 0. The number of rotatable bonds is 2. The summed E-state index contributed by atoms with van der Waals surface area (Å²) < 4.78 is 11.6. The van der Waals surface area contributed by atoms with E-state index < -0.39 is 5.79 Å². The molecule has 1 aliphatic carbocycles. The van der Waals surface area contributed by atoms with Crippen LogP contribution in [0.4, 0.5) is 0 Å². The van der Waals surface area contributed by atoms with Crippen LogP contribution in [0, 0.1) is 11.3 Å². The largest absolute Gasteiger partial charge is 0.396 e. The summed E-state index contributed by atoms with van der Waals surface area (Å²) in [5.41, 5.74) is 0.987. The third-order valence-electron chi connectivity index (χ3n) is 4.09. The Morgan fingerprint density at radius 2 is 2.00 bits per heavy atom. The van der Waals surface area contributed by atoms with E-state index in [4.69, 9.17) is 9.47 Å². The van der Waals surface area contributed by atoms with Crippen molar-refractivity contribution in [2.24, 2.45) is 11.3 Å². The second-order valence-electron chi connectivity index (χ2n) is 5.41. The zero-order valence-electron chi connectivity index (χ0n) is 10.5. The lowest BCUT2D eigenvalue weighted by atomic mass is 9.76. The Balaban J connectivity index is 2.29. The first kappa shape index (κ1) is 12.1. The molecule has 2 aliphatic rings. The fourth-order valence-corrected chi connectivity index (χ4v) is 3.07. The minimum Gasteiger partial charge on any atom is -0.396 e. The summed E-state index contributed by atoms with van der Waals surface area (Å²) in [6.45, 7) is 7.68. The second kappa shape index (κ2) is 4.13. The zero-order chi connectivity index (χ0) is 11.8. The van der Waals surface area contributed by atoms with Gasteiger partial charge >= 0.3 is 0 Å². The standard InChI is InChI=1S/C13H22O3/c1-10(2)8-11-4-5-13(12(11,3)9-14)15-6-7-16-13/h8,11,14H,4-7,9H2,1-3H3/t11-,12-/m1/s1. The van der Waals surface area contributed by atoms with Gasteiger partial charge in [0.25, 0.3) is 0 Å². The van der Waals surface area contributed by atoms with Crippen molar-refractivity contribution in [3.63, 3.8) is 0 Å². The van der Waals surface area contributed by atoms with Gasteiger partial charge in [0.1, 0.15) is 0 Å². The molecule has 3 heteroatoms. The van der Waals surface area contributed by atoms with Gasteiger partial charge in [-0.05, 0) is 26.2 Å². The Hall–Kier alpha value is -0.380. The number of hydrogen-bond acceptors (Lipinski definition) is 3. The van der Waals surface area contributed by atoms with Crippen molar-refractivity contribution in [1.82, 2.24) is 0 Å². The maximum Gasteiger partial charge on any atom is 0.176 e. The van der Waals surface area contributed by atoms with Gasteiger partial charge in [0.15, 0.2) is 5.79 Å². The molecule has 1 saturated heterocycles. The summed E-state index contributed by atoms with van der Waals surface area (Å²) in [6, 6.07) is 0. The average molecular weight is 226 g/mol. The zero-order valence-corrected chi connectivity index (χ0v) is 10.5. The van der Waals surface area contributed by atoms with E-state index in [1.54, 1.807) is 0 Å². The topological polar surface area (TPSA) is 38.7 Å².